The van der Waals surface area contributed by atoms with Crippen LogP contribution in [0.15, 0.2) is 78.9 Å². The highest BCUT2D eigenvalue weighted by molar-refractivity contribution is 5.95. The molecule has 1 N–H and O–H groups in total. The minimum atomic E-state index is -0.457. The first-order valence-corrected chi connectivity index (χ1v) is 9.28. The SMILES string of the molecule is CC(C)(C)C(NC(=O)c1cnccn1)=C(C#N)c1ccc(-c2ccccc2)cc1. The molecule has 5 nitrogen and oxygen atoms in total. The lowest BCUT2D eigenvalue weighted by Crippen LogP contribution is -2.31. The Morgan fingerprint density at radius 1 is 0.966 bits per heavy atom. The molecule has 0 fully saturated rings. The van der Waals surface area contributed by atoms with Gasteiger partial charge < -0.3 is 5.32 Å². The predicted octanol–water partition coefficient (Wildman–Crippen LogP) is 4.85. The van der Waals surface area contributed by atoms with Crippen LogP contribution in [0, 0.1) is 16.7 Å². The number of allylic oxidation sites excluding steroid dienone is 2. The van der Waals surface area contributed by atoms with Crippen molar-refractivity contribution < 1.29 is 4.79 Å². The Bertz CT molecular complexity index is 1060. The number of carbonyl (C=O) groups is 1. The molecule has 0 radical (unpaired) electrons. The number of aromatic nitrogens is 2. The van der Waals surface area contributed by atoms with Gasteiger partial charge in [-0.15, -0.1) is 0 Å². The second-order valence-electron chi connectivity index (χ2n) is 7.60. The third-order valence-electron chi connectivity index (χ3n) is 4.43. The highest BCUT2D eigenvalue weighted by Gasteiger charge is 2.25. The quantitative estimate of drug-likeness (QED) is 0.654. The maximum absolute atomic E-state index is 12.6. The first kappa shape index (κ1) is 20.0. The number of rotatable bonds is 4. The molecule has 144 valence electrons. The van der Waals surface area contributed by atoms with Crippen molar-refractivity contribution in [3.8, 4) is 17.2 Å². The summed E-state index contributed by atoms with van der Waals surface area (Å²) in [6.45, 7) is 5.86. The van der Waals surface area contributed by atoms with Crippen LogP contribution in [0.25, 0.3) is 16.7 Å². The molecule has 3 rings (SSSR count). The monoisotopic (exact) mass is 382 g/mol. The Balaban J connectivity index is 2.00. The minimum absolute atomic E-state index is 0.200. The van der Waals surface area contributed by atoms with Gasteiger partial charge in [0, 0.05) is 23.5 Å². The number of carbonyl (C=O) groups excluding carboxylic acids is 1. The highest BCUT2D eigenvalue weighted by atomic mass is 16.1. The molecule has 0 saturated carbocycles. The van der Waals surface area contributed by atoms with E-state index in [1.807, 2.05) is 75.4 Å². The van der Waals surface area contributed by atoms with Gasteiger partial charge in [-0.25, -0.2) is 4.98 Å². The summed E-state index contributed by atoms with van der Waals surface area (Å²) in [4.78, 5) is 20.6. The lowest BCUT2D eigenvalue weighted by molar-refractivity contribution is 0.0952. The van der Waals surface area contributed by atoms with Crippen LogP contribution < -0.4 is 5.32 Å². The summed E-state index contributed by atoms with van der Waals surface area (Å²) in [5.74, 6) is -0.392. The van der Waals surface area contributed by atoms with Crippen LogP contribution in [-0.2, 0) is 0 Å². The van der Waals surface area contributed by atoms with Gasteiger partial charge in [-0.1, -0.05) is 75.4 Å². The standard InChI is InChI=1S/C24H22N4O/c1-24(2,3)22(28-23(29)21-16-26-13-14-27-21)20(15-25)19-11-9-18(10-12-19)17-7-5-4-6-8-17/h4-14,16H,1-3H3,(H,28,29). The van der Waals surface area contributed by atoms with Crippen LogP contribution in [0.1, 0.15) is 36.8 Å². The van der Waals surface area contributed by atoms with Crippen LogP contribution in [-0.4, -0.2) is 15.9 Å². The lowest BCUT2D eigenvalue weighted by atomic mass is 9.86. The van der Waals surface area contributed by atoms with Gasteiger partial charge in [-0.05, 0) is 16.7 Å². The van der Waals surface area contributed by atoms with E-state index in [9.17, 15) is 10.1 Å². The molecule has 0 aliphatic carbocycles. The number of hydrogen-bond acceptors (Lipinski definition) is 4. The molecule has 29 heavy (non-hydrogen) atoms. The van der Waals surface area contributed by atoms with Crippen molar-refractivity contribution in [1.82, 2.24) is 15.3 Å². The zero-order chi connectivity index (χ0) is 20.9. The van der Waals surface area contributed by atoms with Gasteiger partial charge in [-0.3, -0.25) is 9.78 Å². The molecule has 1 heterocycles. The number of hydrogen-bond donors (Lipinski definition) is 1. The van der Waals surface area contributed by atoms with Crippen molar-refractivity contribution in [1.29, 1.82) is 5.26 Å². The Labute approximate surface area is 170 Å². The summed E-state index contributed by atoms with van der Waals surface area (Å²) in [7, 11) is 0. The van der Waals surface area contributed by atoms with E-state index in [1.54, 1.807) is 0 Å². The molecule has 0 saturated heterocycles. The Hall–Kier alpha value is -3.78. The van der Waals surface area contributed by atoms with Gasteiger partial charge in [0.1, 0.15) is 11.8 Å². The zero-order valence-corrected chi connectivity index (χ0v) is 16.7. The summed E-state index contributed by atoms with van der Waals surface area (Å²) in [6.07, 6.45) is 4.37. The second kappa shape index (κ2) is 8.49. The molecular formula is C24H22N4O. The first-order chi connectivity index (χ1) is 13.9. The molecule has 1 amide bonds. The van der Waals surface area contributed by atoms with E-state index in [-0.39, 0.29) is 5.69 Å². The molecular weight excluding hydrogens is 360 g/mol. The molecule has 0 spiro atoms. The largest absolute Gasteiger partial charge is 0.322 e. The van der Waals surface area contributed by atoms with Crippen LogP contribution >= 0.6 is 0 Å². The lowest BCUT2D eigenvalue weighted by Gasteiger charge is -2.25. The van der Waals surface area contributed by atoms with Gasteiger partial charge in [0.15, 0.2) is 0 Å². The number of nitrogens with zero attached hydrogens (tertiary/aromatic N) is 3. The highest BCUT2D eigenvalue weighted by Crippen LogP contribution is 2.31. The van der Waals surface area contributed by atoms with E-state index >= 15 is 0 Å². The number of nitriles is 1. The summed E-state index contributed by atoms with van der Waals surface area (Å²) in [5.41, 5.74) is 3.63. The molecule has 3 aromatic rings. The fourth-order valence-electron chi connectivity index (χ4n) is 2.94. The van der Waals surface area contributed by atoms with Crippen molar-refractivity contribution >= 4 is 11.5 Å². The minimum Gasteiger partial charge on any atom is -0.322 e. The smallest absolute Gasteiger partial charge is 0.275 e. The Kier molecular flexibility index (Phi) is 5.85. The molecule has 0 aliphatic heterocycles. The van der Waals surface area contributed by atoms with Crippen LogP contribution in [0.3, 0.4) is 0 Å². The van der Waals surface area contributed by atoms with E-state index in [2.05, 4.69) is 21.4 Å². The van der Waals surface area contributed by atoms with Crippen LogP contribution in [0.4, 0.5) is 0 Å². The number of amides is 1. The first-order valence-electron chi connectivity index (χ1n) is 9.28. The molecule has 0 atom stereocenters. The van der Waals surface area contributed by atoms with E-state index in [4.69, 9.17) is 0 Å². The summed E-state index contributed by atoms with van der Waals surface area (Å²) >= 11 is 0. The van der Waals surface area contributed by atoms with E-state index in [0.717, 1.165) is 16.7 Å². The predicted molar refractivity (Wildman–Crippen MR) is 113 cm³/mol. The Morgan fingerprint density at radius 3 is 2.17 bits per heavy atom. The molecule has 2 aromatic carbocycles. The van der Waals surface area contributed by atoms with Crippen molar-refractivity contribution in [2.45, 2.75) is 20.8 Å². The molecule has 0 unspecified atom stereocenters. The number of benzene rings is 2. The zero-order valence-electron chi connectivity index (χ0n) is 16.7. The van der Waals surface area contributed by atoms with Gasteiger partial charge in [0.2, 0.25) is 0 Å². The van der Waals surface area contributed by atoms with Gasteiger partial charge in [-0.2, -0.15) is 5.26 Å². The van der Waals surface area contributed by atoms with E-state index in [0.29, 0.717) is 11.3 Å². The maximum atomic E-state index is 12.6. The van der Waals surface area contributed by atoms with E-state index < -0.39 is 11.3 Å². The molecule has 0 bridgehead atoms. The normalized spacial score (nSPS) is 11.9. The summed E-state index contributed by atoms with van der Waals surface area (Å²) in [5, 5.41) is 12.8. The third kappa shape index (κ3) is 4.74. The Morgan fingerprint density at radius 2 is 1.62 bits per heavy atom. The van der Waals surface area contributed by atoms with Crippen molar-refractivity contribution in [3.63, 3.8) is 0 Å². The second-order valence-corrected chi connectivity index (χ2v) is 7.60. The van der Waals surface area contributed by atoms with E-state index in [1.165, 1.54) is 18.6 Å². The fourth-order valence-corrected chi connectivity index (χ4v) is 2.94. The molecule has 1 aromatic heterocycles. The van der Waals surface area contributed by atoms with Crippen molar-refractivity contribution in [2.75, 3.05) is 0 Å². The summed E-state index contributed by atoms with van der Waals surface area (Å²) in [6, 6.07) is 20.1. The molecule has 5 heteroatoms. The van der Waals surface area contributed by atoms with Gasteiger partial charge in [0.05, 0.1) is 11.8 Å². The van der Waals surface area contributed by atoms with Gasteiger partial charge in [0.25, 0.3) is 5.91 Å². The topological polar surface area (TPSA) is 78.7 Å². The number of nitrogens with one attached hydrogen (secondary N) is 1. The summed E-state index contributed by atoms with van der Waals surface area (Å²) < 4.78 is 0. The molecule has 0 aliphatic rings. The third-order valence-corrected chi connectivity index (χ3v) is 4.43. The van der Waals surface area contributed by atoms with Crippen molar-refractivity contribution in [3.05, 3.63) is 90.1 Å². The van der Waals surface area contributed by atoms with Crippen molar-refractivity contribution in [2.24, 2.45) is 5.41 Å². The van der Waals surface area contributed by atoms with Crippen LogP contribution in [0.5, 0.6) is 0 Å². The van der Waals surface area contributed by atoms with Crippen LogP contribution in [0.2, 0.25) is 0 Å². The fraction of sp³-hybridized carbons (Fsp3) is 0.167. The van der Waals surface area contributed by atoms with Gasteiger partial charge >= 0.3 is 0 Å². The average molecular weight is 382 g/mol. The maximum Gasteiger partial charge on any atom is 0.275 e. The average Bonchev–Trinajstić information content (AvgIpc) is 2.74.